The molecule has 0 aliphatic rings. The van der Waals surface area contributed by atoms with E-state index in [0.717, 1.165) is 6.04 Å². The number of hydrogen-bond donors (Lipinski definition) is 0. The first-order valence-electron chi connectivity index (χ1n) is 5.82. The molecule has 0 N–H and O–H groups in total. The van der Waals surface area contributed by atoms with Gasteiger partial charge in [-0.2, -0.15) is 0 Å². The van der Waals surface area contributed by atoms with Gasteiger partial charge in [-0.15, -0.1) is 0 Å². The van der Waals surface area contributed by atoms with E-state index in [1.54, 1.807) is 0 Å². The fraction of sp³-hybridized carbons (Fsp3) is 0.429. The van der Waals surface area contributed by atoms with Crippen LogP contribution >= 0.6 is 0 Å². The van der Waals surface area contributed by atoms with Crippen LogP contribution in [0.2, 0.25) is 13.1 Å². The van der Waals surface area contributed by atoms with Crippen molar-refractivity contribution in [1.82, 2.24) is 0 Å². The molecule has 1 rings (SSSR count). The first-order chi connectivity index (χ1) is 7.43. The van der Waals surface area contributed by atoms with E-state index in [-0.39, 0.29) is 0 Å². The van der Waals surface area contributed by atoms with Gasteiger partial charge in [-0.05, 0) is 44.1 Å². The molecule has 1 aromatic rings. The van der Waals surface area contributed by atoms with Gasteiger partial charge in [-0.3, -0.25) is 0 Å². The monoisotopic (exact) mass is 234 g/mol. The summed E-state index contributed by atoms with van der Waals surface area (Å²) in [5.74, 6) is 0. The molecule has 88 valence electrons. The van der Waals surface area contributed by atoms with Crippen molar-refractivity contribution in [3.8, 4) is 0 Å². The number of benzene rings is 1. The highest BCUT2D eigenvalue weighted by Gasteiger charge is 2.24. The molecule has 0 atom stereocenters. The summed E-state index contributed by atoms with van der Waals surface area (Å²) < 4.78 is 6.03. The van der Waals surface area contributed by atoms with E-state index >= 15 is 0 Å². The number of hydrogen-bond acceptors (Lipinski definition) is 1. The van der Waals surface area contributed by atoms with Gasteiger partial charge >= 0.3 is 0 Å². The Morgan fingerprint density at radius 2 is 2.06 bits per heavy atom. The Kier molecular flexibility index (Phi) is 4.51. The van der Waals surface area contributed by atoms with Crippen LogP contribution in [0.1, 0.15) is 25.0 Å². The van der Waals surface area contributed by atoms with Gasteiger partial charge in [0.2, 0.25) is 0 Å². The van der Waals surface area contributed by atoms with Crippen LogP contribution in [0.4, 0.5) is 0 Å². The fourth-order valence-corrected chi connectivity index (χ4v) is 4.56. The van der Waals surface area contributed by atoms with Gasteiger partial charge in [-0.1, -0.05) is 36.9 Å². The largest absolute Gasteiger partial charge is 0.415 e. The van der Waals surface area contributed by atoms with E-state index in [9.17, 15) is 0 Å². The molecule has 0 aliphatic heterocycles. The van der Waals surface area contributed by atoms with E-state index in [1.807, 2.05) is 6.08 Å². The molecule has 0 heterocycles. The second-order valence-electron chi connectivity index (χ2n) is 5.05. The second kappa shape index (κ2) is 5.46. The normalized spacial score (nSPS) is 11.8. The van der Waals surface area contributed by atoms with E-state index < -0.39 is 8.32 Å². The molecule has 0 saturated carbocycles. The van der Waals surface area contributed by atoms with Crippen molar-refractivity contribution in [1.29, 1.82) is 0 Å². The van der Waals surface area contributed by atoms with E-state index in [4.69, 9.17) is 4.43 Å². The topological polar surface area (TPSA) is 9.23 Å². The van der Waals surface area contributed by atoms with Gasteiger partial charge in [0.1, 0.15) is 0 Å². The second-order valence-corrected chi connectivity index (χ2v) is 9.16. The van der Waals surface area contributed by atoms with Gasteiger partial charge in [0.05, 0.1) is 0 Å². The minimum Gasteiger partial charge on any atom is -0.415 e. The minimum absolute atomic E-state index is 0.323. The molecule has 0 unspecified atom stereocenters. The van der Waals surface area contributed by atoms with Crippen molar-refractivity contribution in [3.63, 3.8) is 0 Å². The highest BCUT2D eigenvalue weighted by Crippen LogP contribution is 2.16. The molecule has 0 fully saturated rings. The molecule has 16 heavy (non-hydrogen) atoms. The van der Waals surface area contributed by atoms with E-state index in [2.05, 4.69) is 57.8 Å². The third-order valence-electron chi connectivity index (χ3n) is 2.37. The van der Waals surface area contributed by atoms with Crippen molar-refractivity contribution >= 4 is 14.4 Å². The first-order valence-corrected chi connectivity index (χ1v) is 8.94. The summed E-state index contributed by atoms with van der Waals surface area (Å²) in [5.41, 5.74) is 2.54. The summed E-state index contributed by atoms with van der Waals surface area (Å²) in [6.45, 7) is 12.6. The van der Waals surface area contributed by atoms with Crippen LogP contribution in [0.5, 0.6) is 0 Å². The summed E-state index contributed by atoms with van der Waals surface area (Å²) in [4.78, 5) is 0. The molecule has 0 amide bonds. The van der Waals surface area contributed by atoms with E-state index in [0.29, 0.717) is 6.10 Å². The molecule has 0 aliphatic carbocycles. The first kappa shape index (κ1) is 13.2. The van der Waals surface area contributed by atoms with Crippen molar-refractivity contribution in [2.45, 2.75) is 39.1 Å². The molecule has 0 bridgehead atoms. The lowest BCUT2D eigenvalue weighted by atomic mass is 10.1. The summed E-state index contributed by atoms with van der Waals surface area (Å²) in [6.07, 6.45) is 2.21. The van der Waals surface area contributed by atoms with Gasteiger partial charge in [0.25, 0.3) is 0 Å². The highest BCUT2D eigenvalue weighted by molar-refractivity contribution is 6.70. The van der Waals surface area contributed by atoms with E-state index in [1.165, 1.54) is 11.1 Å². The summed E-state index contributed by atoms with van der Waals surface area (Å²) in [7, 11) is -1.58. The minimum atomic E-state index is -1.58. The van der Waals surface area contributed by atoms with Gasteiger partial charge in [0.15, 0.2) is 8.32 Å². The standard InChI is InChI=1S/C14H22OSi/c1-6-13-8-7-9-14(10-13)11-16(4,5)15-12(2)3/h6-10,12H,1,11H2,2-5H3. The predicted octanol–water partition coefficient (Wildman–Crippen LogP) is 4.04. The van der Waals surface area contributed by atoms with Crippen LogP contribution in [0.3, 0.4) is 0 Å². The molecular weight excluding hydrogens is 212 g/mol. The summed E-state index contributed by atoms with van der Waals surface area (Å²) in [6, 6.07) is 9.60. The van der Waals surface area contributed by atoms with Gasteiger partial charge < -0.3 is 4.43 Å². The molecule has 0 aromatic heterocycles. The summed E-state index contributed by atoms with van der Waals surface area (Å²) >= 11 is 0. The molecule has 2 heteroatoms. The Morgan fingerprint density at radius 1 is 1.38 bits per heavy atom. The van der Waals surface area contributed by atoms with Crippen LogP contribution in [-0.2, 0) is 10.5 Å². The van der Waals surface area contributed by atoms with Crippen LogP contribution in [-0.4, -0.2) is 14.4 Å². The lowest BCUT2D eigenvalue weighted by molar-refractivity contribution is 0.231. The lowest BCUT2D eigenvalue weighted by Gasteiger charge is -2.25. The van der Waals surface area contributed by atoms with Gasteiger partial charge in [0, 0.05) is 6.10 Å². The van der Waals surface area contributed by atoms with Crippen LogP contribution in [0.15, 0.2) is 30.8 Å². The molecule has 1 aromatic carbocycles. The Labute approximate surface area is 100 Å². The third kappa shape index (κ3) is 4.33. The van der Waals surface area contributed by atoms with Crippen LogP contribution in [0, 0.1) is 0 Å². The van der Waals surface area contributed by atoms with Crippen molar-refractivity contribution in [2.24, 2.45) is 0 Å². The third-order valence-corrected chi connectivity index (χ3v) is 4.74. The smallest absolute Gasteiger partial charge is 0.191 e. The molecule has 1 nitrogen and oxygen atoms in total. The predicted molar refractivity (Wildman–Crippen MR) is 73.9 cm³/mol. The zero-order chi connectivity index (χ0) is 12.2. The zero-order valence-electron chi connectivity index (χ0n) is 10.8. The molecule has 0 spiro atoms. The zero-order valence-corrected chi connectivity index (χ0v) is 11.8. The van der Waals surface area contributed by atoms with Crippen molar-refractivity contribution in [3.05, 3.63) is 42.0 Å². The fourth-order valence-electron chi connectivity index (χ4n) is 2.00. The number of rotatable bonds is 5. The lowest BCUT2D eigenvalue weighted by Crippen LogP contribution is -2.36. The van der Waals surface area contributed by atoms with Crippen molar-refractivity contribution in [2.75, 3.05) is 0 Å². The molecular formula is C14H22OSi. The SMILES string of the molecule is C=Cc1cccc(C[Si](C)(C)OC(C)C)c1. The quantitative estimate of drug-likeness (QED) is 0.699. The maximum atomic E-state index is 6.03. The average Bonchev–Trinajstić information content (AvgIpc) is 2.15. The van der Waals surface area contributed by atoms with Gasteiger partial charge in [-0.25, -0.2) is 0 Å². The Balaban J connectivity index is 2.75. The Morgan fingerprint density at radius 3 is 2.62 bits per heavy atom. The average molecular weight is 234 g/mol. The maximum absolute atomic E-state index is 6.03. The maximum Gasteiger partial charge on any atom is 0.191 e. The van der Waals surface area contributed by atoms with Crippen LogP contribution in [0.25, 0.3) is 6.08 Å². The molecule has 0 radical (unpaired) electrons. The summed E-state index contributed by atoms with van der Waals surface area (Å²) in [5, 5.41) is 0. The highest BCUT2D eigenvalue weighted by atomic mass is 28.4. The van der Waals surface area contributed by atoms with Crippen LogP contribution < -0.4 is 0 Å². The van der Waals surface area contributed by atoms with Crippen molar-refractivity contribution < 1.29 is 4.43 Å². The Hall–Kier alpha value is -0.863. The molecule has 0 saturated heterocycles. The Bertz CT molecular complexity index is 356.